The highest BCUT2D eigenvalue weighted by molar-refractivity contribution is 5.85. The first-order valence-corrected chi connectivity index (χ1v) is 11.1. The van der Waals surface area contributed by atoms with E-state index in [4.69, 9.17) is 9.47 Å². The van der Waals surface area contributed by atoms with Crippen molar-refractivity contribution in [2.75, 3.05) is 25.5 Å². The fraction of sp³-hybridized carbons (Fsp3) is 0.360. The zero-order chi connectivity index (χ0) is 23.3. The third-order valence-electron chi connectivity index (χ3n) is 5.68. The Morgan fingerprint density at radius 1 is 1.06 bits per heavy atom. The molecule has 3 heterocycles. The summed E-state index contributed by atoms with van der Waals surface area (Å²) in [6.45, 7) is 4.96. The quantitative estimate of drug-likeness (QED) is 0.581. The van der Waals surface area contributed by atoms with Gasteiger partial charge in [0.2, 0.25) is 5.95 Å². The summed E-state index contributed by atoms with van der Waals surface area (Å²) in [6.07, 6.45) is 7.07. The zero-order valence-electron chi connectivity index (χ0n) is 19.2. The Morgan fingerprint density at radius 3 is 2.45 bits per heavy atom. The zero-order valence-corrected chi connectivity index (χ0v) is 19.2. The van der Waals surface area contributed by atoms with E-state index in [1.807, 2.05) is 55.1 Å². The highest BCUT2D eigenvalue weighted by Crippen LogP contribution is 2.29. The van der Waals surface area contributed by atoms with Crippen LogP contribution >= 0.6 is 0 Å². The van der Waals surface area contributed by atoms with Crippen LogP contribution in [0.3, 0.4) is 0 Å². The van der Waals surface area contributed by atoms with Gasteiger partial charge in [0.05, 0.1) is 19.0 Å². The molecule has 2 aromatic heterocycles. The molecule has 0 spiro atoms. The molecule has 0 aliphatic carbocycles. The van der Waals surface area contributed by atoms with Crippen molar-refractivity contribution >= 4 is 17.5 Å². The number of hydrogen-bond donors (Lipinski definition) is 1. The molecule has 0 radical (unpaired) electrons. The van der Waals surface area contributed by atoms with E-state index in [2.05, 4.69) is 20.3 Å². The van der Waals surface area contributed by atoms with Gasteiger partial charge in [0.1, 0.15) is 11.5 Å². The minimum Gasteiger partial charge on any atom is -0.497 e. The molecule has 33 heavy (non-hydrogen) atoms. The van der Waals surface area contributed by atoms with Gasteiger partial charge in [-0.3, -0.25) is 9.78 Å². The van der Waals surface area contributed by atoms with Crippen molar-refractivity contribution in [2.45, 2.75) is 38.2 Å². The molecular weight excluding hydrogens is 418 g/mol. The van der Waals surface area contributed by atoms with Crippen molar-refractivity contribution in [3.63, 3.8) is 0 Å². The van der Waals surface area contributed by atoms with Crippen LogP contribution in [0.4, 0.5) is 11.6 Å². The maximum absolute atomic E-state index is 13.3. The fourth-order valence-corrected chi connectivity index (χ4v) is 3.98. The molecule has 1 aliphatic rings. The Bertz CT molecular complexity index is 1060. The van der Waals surface area contributed by atoms with E-state index >= 15 is 0 Å². The highest BCUT2D eigenvalue weighted by atomic mass is 16.5. The van der Waals surface area contributed by atoms with Gasteiger partial charge < -0.3 is 19.7 Å². The third-order valence-corrected chi connectivity index (χ3v) is 5.68. The fourth-order valence-electron chi connectivity index (χ4n) is 3.98. The lowest BCUT2D eigenvalue weighted by atomic mass is 9.93. The number of nitrogens with one attached hydrogen (secondary N) is 1. The molecular formula is C25H29N5O3. The summed E-state index contributed by atoms with van der Waals surface area (Å²) in [7, 11) is 1.62. The summed E-state index contributed by atoms with van der Waals surface area (Å²) in [5.41, 5.74) is 0.816. The number of nitrogens with zero attached hydrogens (tertiary/aromatic N) is 4. The summed E-state index contributed by atoms with van der Waals surface area (Å²) in [6, 6.07) is 13.0. The Kier molecular flexibility index (Phi) is 6.72. The van der Waals surface area contributed by atoms with Gasteiger partial charge in [0.15, 0.2) is 5.60 Å². The SMILES string of the molecule is COc1ccc(OC(C)(C)C(=O)N2CCCC(c3ccc(Nc4ncccn4)cn3)C2)cc1. The van der Waals surface area contributed by atoms with Crippen LogP contribution in [0.2, 0.25) is 0 Å². The van der Waals surface area contributed by atoms with Crippen molar-refractivity contribution in [2.24, 2.45) is 0 Å². The lowest BCUT2D eigenvalue weighted by Gasteiger charge is -2.37. The van der Waals surface area contributed by atoms with E-state index in [1.54, 1.807) is 31.8 Å². The van der Waals surface area contributed by atoms with Crippen molar-refractivity contribution in [1.29, 1.82) is 0 Å². The topological polar surface area (TPSA) is 89.5 Å². The van der Waals surface area contributed by atoms with Crippen LogP contribution in [0.5, 0.6) is 11.5 Å². The number of aromatic nitrogens is 3. The lowest BCUT2D eigenvalue weighted by Crippen LogP contribution is -2.51. The Labute approximate surface area is 194 Å². The number of hydrogen-bond acceptors (Lipinski definition) is 7. The molecule has 1 atom stereocenters. The van der Waals surface area contributed by atoms with Gasteiger partial charge in [-0.15, -0.1) is 0 Å². The third kappa shape index (κ3) is 5.58. The average Bonchev–Trinajstić information content (AvgIpc) is 2.85. The number of carbonyl (C=O) groups excluding carboxylic acids is 1. The molecule has 4 rings (SSSR count). The number of carbonyl (C=O) groups is 1. The lowest BCUT2D eigenvalue weighted by molar-refractivity contribution is -0.146. The first kappa shape index (κ1) is 22.5. The number of amides is 1. The van der Waals surface area contributed by atoms with E-state index in [0.717, 1.165) is 36.5 Å². The Morgan fingerprint density at radius 2 is 1.79 bits per heavy atom. The molecule has 0 bridgehead atoms. The molecule has 3 aromatic rings. The minimum atomic E-state index is -0.979. The predicted molar refractivity (Wildman–Crippen MR) is 126 cm³/mol. The van der Waals surface area contributed by atoms with E-state index in [0.29, 0.717) is 18.2 Å². The molecule has 0 saturated carbocycles. The second kappa shape index (κ2) is 9.85. The number of rotatable bonds is 7. The van der Waals surface area contributed by atoms with Gasteiger partial charge in [-0.2, -0.15) is 0 Å². The minimum absolute atomic E-state index is 0.0254. The summed E-state index contributed by atoms with van der Waals surface area (Å²) < 4.78 is 11.2. The van der Waals surface area contributed by atoms with Crippen LogP contribution in [0.25, 0.3) is 0 Å². The number of piperidine rings is 1. The van der Waals surface area contributed by atoms with Gasteiger partial charge in [-0.05, 0) is 69.2 Å². The highest BCUT2D eigenvalue weighted by Gasteiger charge is 2.37. The van der Waals surface area contributed by atoms with Crippen LogP contribution in [0.15, 0.2) is 61.1 Å². The van der Waals surface area contributed by atoms with Crippen molar-refractivity contribution in [3.8, 4) is 11.5 Å². The van der Waals surface area contributed by atoms with Crippen LogP contribution in [0.1, 0.15) is 38.3 Å². The molecule has 1 N–H and O–H groups in total. The second-order valence-corrected chi connectivity index (χ2v) is 8.55. The number of benzene rings is 1. The molecule has 8 nitrogen and oxygen atoms in total. The predicted octanol–water partition coefficient (Wildman–Crippen LogP) is 4.19. The van der Waals surface area contributed by atoms with Crippen LogP contribution in [0, 0.1) is 0 Å². The number of ether oxygens (including phenoxy) is 2. The van der Waals surface area contributed by atoms with Gasteiger partial charge in [0.25, 0.3) is 5.91 Å². The number of likely N-dealkylation sites (tertiary alicyclic amines) is 1. The molecule has 1 saturated heterocycles. The van der Waals surface area contributed by atoms with E-state index in [-0.39, 0.29) is 11.8 Å². The molecule has 1 aliphatic heterocycles. The number of pyridine rings is 1. The molecule has 172 valence electrons. The molecule has 1 amide bonds. The van der Waals surface area contributed by atoms with E-state index in [1.165, 1.54) is 0 Å². The first-order valence-electron chi connectivity index (χ1n) is 11.1. The maximum Gasteiger partial charge on any atom is 0.266 e. The van der Waals surface area contributed by atoms with Gasteiger partial charge in [-0.25, -0.2) is 9.97 Å². The van der Waals surface area contributed by atoms with Gasteiger partial charge in [-0.1, -0.05) is 0 Å². The number of anilines is 2. The summed E-state index contributed by atoms with van der Waals surface area (Å²) in [5.74, 6) is 2.06. The molecule has 1 aromatic carbocycles. The smallest absolute Gasteiger partial charge is 0.266 e. The monoisotopic (exact) mass is 447 g/mol. The Hall–Kier alpha value is -3.68. The largest absolute Gasteiger partial charge is 0.497 e. The first-order chi connectivity index (χ1) is 15.9. The Balaban J connectivity index is 1.39. The average molecular weight is 448 g/mol. The van der Waals surface area contributed by atoms with Crippen LogP contribution in [-0.4, -0.2) is 51.6 Å². The van der Waals surface area contributed by atoms with Crippen molar-refractivity contribution in [3.05, 3.63) is 66.7 Å². The summed E-state index contributed by atoms with van der Waals surface area (Å²) in [4.78, 5) is 28.2. The normalized spacial score (nSPS) is 16.2. The molecule has 1 fully saturated rings. The molecule has 8 heteroatoms. The maximum atomic E-state index is 13.3. The standard InChI is InChI=1S/C25H29N5O3/c1-25(2,33-21-10-8-20(32-3)9-11-21)23(31)30-15-4-6-18(17-30)22-12-7-19(16-28-22)29-24-26-13-5-14-27-24/h5,7-14,16,18H,4,6,15,17H2,1-3H3,(H,26,27,29). The van der Waals surface area contributed by atoms with Crippen molar-refractivity contribution in [1.82, 2.24) is 19.9 Å². The van der Waals surface area contributed by atoms with E-state index < -0.39 is 5.60 Å². The van der Waals surface area contributed by atoms with E-state index in [9.17, 15) is 4.79 Å². The number of methoxy groups -OCH3 is 1. The summed E-state index contributed by atoms with van der Waals surface area (Å²) in [5, 5.41) is 3.14. The summed E-state index contributed by atoms with van der Waals surface area (Å²) >= 11 is 0. The van der Waals surface area contributed by atoms with Crippen LogP contribution < -0.4 is 14.8 Å². The molecule has 1 unspecified atom stereocenters. The van der Waals surface area contributed by atoms with Crippen LogP contribution in [-0.2, 0) is 4.79 Å². The second-order valence-electron chi connectivity index (χ2n) is 8.55. The van der Waals surface area contributed by atoms with Gasteiger partial charge in [0, 0.05) is 37.1 Å². The van der Waals surface area contributed by atoms with Gasteiger partial charge >= 0.3 is 0 Å². The van der Waals surface area contributed by atoms with Crippen molar-refractivity contribution < 1.29 is 14.3 Å².